The number of halogens is 3. The van der Waals surface area contributed by atoms with Crippen LogP contribution in [-0.2, 0) is 26.2 Å². The van der Waals surface area contributed by atoms with Crippen molar-refractivity contribution in [1.82, 2.24) is 9.97 Å². The molecule has 2 aromatic heterocycles. The van der Waals surface area contributed by atoms with E-state index in [4.69, 9.17) is 0 Å². The number of pyridine rings is 2. The van der Waals surface area contributed by atoms with Crippen LogP contribution in [0.15, 0.2) is 41.4 Å². The smallest absolute Gasteiger partial charge is 0.309 e. The third-order valence-corrected chi connectivity index (χ3v) is 6.71. The maximum atomic E-state index is 12.9. The molecule has 0 atom stereocenters. The number of anilines is 1. The quantitative estimate of drug-likeness (QED) is 0.794. The summed E-state index contributed by atoms with van der Waals surface area (Å²) in [6, 6.07) is 6.35. The number of amides is 1. The third-order valence-electron chi connectivity index (χ3n) is 4.31. The van der Waals surface area contributed by atoms with Crippen molar-refractivity contribution in [3.05, 3.63) is 47.9 Å². The van der Waals surface area contributed by atoms with Crippen molar-refractivity contribution in [1.29, 1.82) is 0 Å². The van der Waals surface area contributed by atoms with Crippen molar-refractivity contribution in [3.63, 3.8) is 0 Å². The molecule has 2 aromatic rings. The lowest BCUT2D eigenvalue weighted by Gasteiger charge is -2.24. The van der Waals surface area contributed by atoms with Crippen molar-refractivity contribution in [2.45, 2.75) is 55.9 Å². The minimum absolute atomic E-state index is 0.177. The SMILES string of the molecule is CC(C)(C)c1cccc(NC(=O)C(C)(C)S(=O)(=O)c2ccc(C(F)(F)F)nc2)n1. The van der Waals surface area contributed by atoms with Gasteiger partial charge in [0.05, 0.1) is 4.90 Å². The standard InChI is InChI=1S/C19H22F3N3O3S/c1-17(2,3)13-7-6-8-15(24-13)25-16(26)18(4,5)29(27,28)12-9-10-14(23-11-12)19(20,21)22/h6-11H,1-5H3,(H,24,25,26). The van der Waals surface area contributed by atoms with Crippen molar-refractivity contribution in [2.24, 2.45) is 0 Å². The molecule has 0 saturated carbocycles. The zero-order valence-electron chi connectivity index (χ0n) is 16.6. The summed E-state index contributed by atoms with van der Waals surface area (Å²) >= 11 is 0. The number of sulfone groups is 1. The van der Waals surface area contributed by atoms with Crippen LogP contribution in [-0.4, -0.2) is 29.0 Å². The van der Waals surface area contributed by atoms with E-state index in [0.29, 0.717) is 18.0 Å². The number of nitrogens with one attached hydrogen (secondary N) is 1. The minimum Gasteiger partial charge on any atom is -0.309 e. The summed E-state index contributed by atoms with van der Waals surface area (Å²) in [6.07, 6.45) is -4.09. The van der Waals surface area contributed by atoms with E-state index in [1.165, 1.54) is 19.9 Å². The first kappa shape index (κ1) is 22.8. The molecule has 2 heterocycles. The van der Waals surface area contributed by atoms with Gasteiger partial charge in [0.1, 0.15) is 16.3 Å². The van der Waals surface area contributed by atoms with Crippen LogP contribution in [0.1, 0.15) is 46.0 Å². The van der Waals surface area contributed by atoms with Gasteiger partial charge in [-0.05, 0) is 38.1 Å². The maximum absolute atomic E-state index is 12.9. The molecule has 0 aliphatic carbocycles. The molecule has 10 heteroatoms. The second-order valence-corrected chi connectivity index (χ2v) is 10.5. The summed E-state index contributed by atoms with van der Waals surface area (Å²) in [7, 11) is -4.33. The van der Waals surface area contributed by atoms with E-state index in [-0.39, 0.29) is 11.2 Å². The van der Waals surface area contributed by atoms with Crippen LogP contribution in [0.5, 0.6) is 0 Å². The number of nitrogens with zero attached hydrogens (tertiary/aromatic N) is 2. The first-order valence-electron chi connectivity index (χ1n) is 8.64. The Morgan fingerprint density at radius 2 is 1.59 bits per heavy atom. The molecular formula is C19H22F3N3O3S. The highest BCUT2D eigenvalue weighted by atomic mass is 32.2. The highest BCUT2D eigenvalue weighted by Crippen LogP contribution is 2.31. The van der Waals surface area contributed by atoms with Crippen molar-refractivity contribution < 1.29 is 26.4 Å². The van der Waals surface area contributed by atoms with Crippen LogP contribution >= 0.6 is 0 Å². The fraction of sp³-hybridized carbons (Fsp3) is 0.421. The maximum Gasteiger partial charge on any atom is 0.433 e. The van der Waals surface area contributed by atoms with Gasteiger partial charge in [0.15, 0.2) is 9.84 Å². The van der Waals surface area contributed by atoms with E-state index in [1.807, 2.05) is 20.8 Å². The van der Waals surface area contributed by atoms with Gasteiger partial charge in [0.25, 0.3) is 0 Å². The fourth-order valence-corrected chi connectivity index (χ4v) is 3.64. The van der Waals surface area contributed by atoms with Gasteiger partial charge in [0.2, 0.25) is 5.91 Å². The van der Waals surface area contributed by atoms with Gasteiger partial charge in [-0.15, -0.1) is 0 Å². The van der Waals surface area contributed by atoms with Crippen LogP contribution in [0.4, 0.5) is 19.0 Å². The van der Waals surface area contributed by atoms with E-state index in [0.717, 1.165) is 6.07 Å². The summed E-state index contributed by atoms with van der Waals surface area (Å²) in [4.78, 5) is 19.7. The molecule has 0 fully saturated rings. The molecule has 158 valence electrons. The minimum atomic E-state index is -4.70. The Morgan fingerprint density at radius 1 is 0.966 bits per heavy atom. The Kier molecular flexibility index (Phi) is 5.82. The molecule has 1 N–H and O–H groups in total. The second kappa shape index (κ2) is 7.40. The average Bonchev–Trinajstić information content (AvgIpc) is 2.60. The molecule has 29 heavy (non-hydrogen) atoms. The number of rotatable bonds is 4. The van der Waals surface area contributed by atoms with Crippen molar-refractivity contribution in [2.75, 3.05) is 5.32 Å². The van der Waals surface area contributed by atoms with Gasteiger partial charge in [-0.3, -0.25) is 9.78 Å². The van der Waals surface area contributed by atoms with Gasteiger partial charge in [-0.1, -0.05) is 26.8 Å². The number of alkyl halides is 3. The van der Waals surface area contributed by atoms with Gasteiger partial charge in [0, 0.05) is 17.3 Å². The summed E-state index contributed by atoms with van der Waals surface area (Å²) < 4.78 is 61.7. The Bertz CT molecular complexity index is 1010. The molecule has 0 spiro atoms. The predicted octanol–water partition coefficient (Wildman–Crippen LogP) is 3.98. The first-order valence-corrected chi connectivity index (χ1v) is 10.1. The number of aromatic nitrogens is 2. The van der Waals surface area contributed by atoms with E-state index in [2.05, 4.69) is 15.3 Å². The summed E-state index contributed by atoms with van der Waals surface area (Å²) in [5.74, 6) is -0.688. The molecule has 6 nitrogen and oxygen atoms in total. The monoisotopic (exact) mass is 429 g/mol. The average molecular weight is 429 g/mol. The molecule has 0 radical (unpaired) electrons. The summed E-state index contributed by atoms with van der Waals surface area (Å²) in [5.41, 5.74) is -0.807. The number of hydrogen-bond acceptors (Lipinski definition) is 5. The van der Waals surface area contributed by atoms with Crippen LogP contribution in [0, 0.1) is 0 Å². The van der Waals surface area contributed by atoms with Crippen LogP contribution in [0.2, 0.25) is 0 Å². The molecule has 2 rings (SSSR count). The Hall–Kier alpha value is -2.49. The Morgan fingerprint density at radius 3 is 2.07 bits per heavy atom. The molecule has 0 aromatic carbocycles. The topological polar surface area (TPSA) is 89.0 Å². The van der Waals surface area contributed by atoms with Crippen LogP contribution in [0.3, 0.4) is 0 Å². The summed E-state index contributed by atoms with van der Waals surface area (Å²) in [6.45, 7) is 8.15. The van der Waals surface area contributed by atoms with Gasteiger partial charge in [-0.25, -0.2) is 13.4 Å². The lowest BCUT2D eigenvalue weighted by molar-refractivity contribution is -0.141. The van der Waals surface area contributed by atoms with Crippen molar-refractivity contribution >= 4 is 21.6 Å². The second-order valence-electron chi connectivity index (χ2n) is 8.00. The van der Waals surface area contributed by atoms with Crippen LogP contribution in [0.25, 0.3) is 0 Å². The molecule has 0 aliphatic rings. The lowest BCUT2D eigenvalue weighted by atomic mass is 9.92. The normalized spacial score (nSPS) is 13.2. The van der Waals surface area contributed by atoms with Crippen molar-refractivity contribution in [3.8, 4) is 0 Å². The van der Waals surface area contributed by atoms with Gasteiger partial charge < -0.3 is 5.32 Å². The molecule has 1 amide bonds. The predicted molar refractivity (Wildman–Crippen MR) is 102 cm³/mol. The molecule has 0 unspecified atom stereocenters. The zero-order valence-corrected chi connectivity index (χ0v) is 17.4. The zero-order chi connectivity index (χ0) is 22.3. The third kappa shape index (κ3) is 4.75. The van der Waals surface area contributed by atoms with E-state index in [9.17, 15) is 26.4 Å². The number of hydrogen-bond donors (Lipinski definition) is 1. The number of carbonyl (C=O) groups excluding carboxylic acids is 1. The molecular weight excluding hydrogens is 407 g/mol. The molecule has 0 saturated heterocycles. The van der Waals surface area contributed by atoms with Crippen LogP contribution < -0.4 is 5.32 Å². The molecule has 0 aliphatic heterocycles. The van der Waals surface area contributed by atoms with Gasteiger partial charge in [-0.2, -0.15) is 13.2 Å². The Labute approximate surface area is 167 Å². The lowest BCUT2D eigenvalue weighted by Crippen LogP contribution is -2.44. The van der Waals surface area contributed by atoms with E-state index < -0.39 is 37.3 Å². The van der Waals surface area contributed by atoms with E-state index in [1.54, 1.807) is 12.1 Å². The fourth-order valence-electron chi connectivity index (χ4n) is 2.31. The Balaban J connectivity index is 2.32. The first-order chi connectivity index (χ1) is 13.1. The van der Waals surface area contributed by atoms with Gasteiger partial charge >= 0.3 is 6.18 Å². The largest absolute Gasteiger partial charge is 0.433 e. The van der Waals surface area contributed by atoms with E-state index >= 15 is 0 Å². The highest BCUT2D eigenvalue weighted by molar-refractivity contribution is 7.93. The highest BCUT2D eigenvalue weighted by Gasteiger charge is 2.43. The molecule has 0 bridgehead atoms. The number of carbonyl (C=O) groups is 1. The summed E-state index contributed by atoms with van der Waals surface area (Å²) in [5, 5.41) is 2.48.